The number of anilines is 2. The Hall–Kier alpha value is -3.08. The molecule has 1 aromatic heterocycles. The van der Waals surface area contributed by atoms with Crippen molar-refractivity contribution in [3.8, 4) is 0 Å². The van der Waals surface area contributed by atoms with Gasteiger partial charge in [0.25, 0.3) is 0 Å². The zero-order valence-electron chi connectivity index (χ0n) is 15.4. The summed E-state index contributed by atoms with van der Waals surface area (Å²) in [6.45, 7) is 2.33. The molecule has 2 aliphatic rings. The van der Waals surface area contributed by atoms with Crippen molar-refractivity contribution in [1.29, 1.82) is 0 Å². The molecule has 5 heteroatoms. The zero-order valence-corrected chi connectivity index (χ0v) is 15.4. The fourth-order valence-corrected chi connectivity index (χ4v) is 2.98. The van der Waals surface area contributed by atoms with Crippen LogP contribution in [0.5, 0.6) is 0 Å². The van der Waals surface area contributed by atoms with Crippen molar-refractivity contribution in [2.45, 2.75) is 25.3 Å². The first-order valence-corrected chi connectivity index (χ1v) is 9.51. The first-order chi connectivity index (χ1) is 13.3. The fraction of sp³-hybridized carbons (Fsp3) is 0.273. The van der Waals surface area contributed by atoms with Crippen molar-refractivity contribution in [3.63, 3.8) is 0 Å². The minimum Gasteiger partial charge on any atom is -0.404 e. The summed E-state index contributed by atoms with van der Waals surface area (Å²) in [6, 6.07) is 11.0. The van der Waals surface area contributed by atoms with E-state index in [2.05, 4.69) is 44.5 Å². The molecule has 5 nitrogen and oxygen atoms in total. The van der Waals surface area contributed by atoms with Crippen LogP contribution in [0.4, 0.5) is 11.4 Å². The van der Waals surface area contributed by atoms with Gasteiger partial charge in [-0.3, -0.25) is 9.98 Å². The van der Waals surface area contributed by atoms with Crippen LogP contribution < -0.4 is 16.0 Å². The maximum absolute atomic E-state index is 5.84. The molecule has 2 aromatic rings. The lowest BCUT2D eigenvalue weighted by atomic mass is 10.0. The Morgan fingerprint density at radius 2 is 2.00 bits per heavy atom. The molecule has 0 amide bonds. The second-order valence-electron chi connectivity index (χ2n) is 6.96. The summed E-state index contributed by atoms with van der Waals surface area (Å²) in [5.41, 5.74) is 11.1. The minimum atomic E-state index is 0.474. The Balaban J connectivity index is 1.44. The monoisotopic (exact) mass is 359 g/mol. The number of aromatic nitrogens is 1. The predicted octanol–water partition coefficient (Wildman–Crippen LogP) is 3.91. The average Bonchev–Trinajstić information content (AvgIpc) is 3.48. The molecule has 138 valence electrons. The summed E-state index contributed by atoms with van der Waals surface area (Å²) >= 11 is 0. The summed E-state index contributed by atoms with van der Waals surface area (Å²) in [6.07, 6.45) is 14.7. The van der Waals surface area contributed by atoms with E-state index in [9.17, 15) is 0 Å². The number of nitrogens with zero attached hydrogens (tertiary/aromatic N) is 3. The molecule has 2 heterocycles. The first kappa shape index (κ1) is 17.3. The molecular formula is C22H25N5. The first-order valence-electron chi connectivity index (χ1n) is 9.51. The normalized spacial score (nSPS) is 17.5. The number of allylic oxidation sites excluding steroid dienone is 1. The highest BCUT2D eigenvalue weighted by molar-refractivity contribution is 6.10. The molecule has 3 N–H and O–H groups in total. The summed E-state index contributed by atoms with van der Waals surface area (Å²) in [5.74, 6) is 0. The molecular weight excluding hydrogens is 334 g/mol. The SMILES string of the molecule is NC=C(C=NC1CC1)c1ccncc1/C=C/Nc1ccc(N2CCC2)cc1. The van der Waals surface area contributed by atoms with Crippen LogP contribution in [0.15, 0.2) is 60.1 Å². The van der Waals surface area contributed by atoms with Crippen LogP contribution in [0.1, 0.15) is 30.4 Å². The summed E-state index contributed by atoms with van der Waals surface area (Å²) < 4.78 is 0. The third-order valence-corrected chi connectivity index (χ3v) is 4.92. The Morgan fingerprint density at radius 1 is 1.19 bits per heavy atom. The number of hydrogen-bond donors (Lipinski definition) is 2. The van der Waals surface area contributed by atoms with Gasteiger partial charge in [-0.05, 0) is 61.2 Å². The molecule has 1 aliphatic carbocycles. The van der Waals surface area contributed by atoms with Crippen molar-refractivity contribution in [2.24, 2.45) is 10.7 Å². The van der Waals surface area contributed by atoms with E-state index >= 15 is 0 Å². The quantitative estimate of drug-likeness (QED) is 0.736. The minimum absolute atomic E-state index is 0.474. The number of rotatable bonds is 7. The van der Waals surface area contributed by atoms with Gasteiger partial charge in [0.15, 0.2) is 0 Å². The van der Waals surface area contributed by atoms with E-state index in [0.29, 0.717) is 6.04 Å². The lowest BCUT2D eigenvalue weighted by Crippen LogP contribution is -2.36. The number of hydrogen-bond acceptors (Lipinski definition) is 5. The second-order valence-corrected chi connectivity index (χ2v) is 6.96. The Labute approximate surface area is 160 Å². The molecule has 0 radical (unpaired) electrons. The Kier molecular flexibility index (Phi) is 5.19. The zero-order chi connectivity index (χ0) is 18.5. The summed E-state index contributed by atoms with van der Waals surface area (Å²) in [7, 11) is 0. The molecule has 1 saturated carbocycles. The van der Waals surface area contributed by atoms with Gasteiger partial charge in [-0.1, -0.05) is 0 Å². The molecule has 1 aromatic carbocycles. The molecule has 0 spiro atoms. The molecule has 2 fully saturated rings. The van der Waals surface area contributed by atoms with Gasteiger partial charge in [-0.2, -0.15) is 0 Å². The van der Waals surface area contributed by atoms with Gasteiger partial charge in [-0.15, -0.1) is 0 Å². The average molecular weight is 359 g/mol. The highest BCUT2D eigenvalue weighted by atomic mass is 15.2. The van der Waals surface area contributed by atoms with E-state index < -0.39 is 0 Å². The van der Waals surface area contributed by atoms with Crippen LogP contribution >= 0.6 is 0 Å². The van der Waals surface area contributed by atoms with Crippen LogP contribution in [0.2, 0.25) is 0 Å². The van der Waals surface area contributed by atoms with E-state index in [4.69, 9.17) is 5.73 Å². The van der Waals surface area contributed by atoms with Gasteiger partial charge in [-0.25, -0.2) is 0 Å². The van der Waals surface area contributed by atoms with E-state index in [-0.39, 0.29) is 0 Å². The third-order valence-electron chi connectivity index (χ3n) is 4.92. The van der Waals surface area contributed by atoms with Crippen LogP contribution in [-0.2, 0) is 0 Å². The number of aliphatic imine (C=N–C) groups is 1. The molecule has 27 heavy (non-hydrogen) atoms. The van der Waals surface area contributed by atoms with Crippen molar-refractivity contribution in [2.75, 3.05) is 23.3 Å². The van der Waals surface area contributed by atoms with Crippen LogP contribution in [-0.4, -0.2) is 30.3 Å². The van der Waals surface area contributed by atoms with Crippen molar-refractivity contribution >= 4 is 29.2 Å². The lowest BCUT2D eigenvalue weighted by Gasteiger charge is -2.33. The van der Waals surface area contributed by atoms with Crippen molar-refractivity contribution in [3.05, 3.63) is 66.3 Å². The van der Waals surface area contributed by atoms with Crippen LogP contribution in [0.25, 0.3) is 11.6 Å². The van der Waals surface area contributed by atoms with Crippen molar-refractivity contribution in [1.82, 2.24) is 4.98 Å². The Morgan fingerprint density at radius 3 is 2.67 bits per heavy atom. The highest BCUT2D eigenvalue weighted by Gasteiger charge is 2.19. The van der Waals surface area contributed by atoms with Crippen LogP contribution in [0, 0.1) is 0 Å². The van der Waals surface area contributed by atoms with Gasteiger partial charge in [0.2, 0.25) is 0 Å². The van der Waals surface area contributed by atoms with E-state index in [1.807, 2.05) is 30.8 Å². The third kappa shape index (κ3) is 4.37. The number of benzene rings is 1. The molecule has 0 atom stereocenters. The summed E-state index contributed by atoms with van der Waals surface area (Å²) in [4.78, 5) is 11.2. The molecule has 4 rings (SSSR count). The van der Waals surface area contributed by atoms with Gasteiger partial charge < -0.3 is 16.0 Å². The topological polar surface area (TPSA) is 66.5 Å². The molecule has 1 saturated heterocycles. The van der Waals surface area contributed by atoms with E-state index in [0.717, 1.165) is 35.5 Å². The van der Waals surface area contributed by atoms with E-state index in [1.165, 1.54) is 24.9 Å². The van der Waals surface area contributed by atoms with E-state index in [1.54, 1.807) is 12.4 Å². The number of nitrogens with one attached hydrogen (secondary N) is 1. The van der Waals surface area contributed by atoms with Gasteiger partial charge in [0.05, 0.1) is 6.04 Å². The number of nitrogens with two attached hydrogens (primary N) is 1. The molecule has 1 aliphatic heterocycles. The standard InChI is InChI=1S/C22H25N5/c23-14-18(16-26-20-2-3-20)22-9-10-24-15-17(22)8-11-25-19-4-6-21(7-5-19)27-12-1-13-27/h4-11,14-16,20,25H,1-3,12-13,23H2/b11-8+,18-14?,26-16?. The molecule has 0 unspecified atom stereocenters. The largest absolute Gasteiger partial charge is 0.404 e. The van der Waals surface area contributed by atoms with Gasteiger partial charge in [0, 0.05) is 66.6 Å². The van der Waals surface area contributed by atoms with Crippen molar-refractivity contribution < 1.29 is 0 Å². The second kappa shape index (κ2) is 8.08. The smallest absolute Gasteiger partial charge is 0.0501 e. The predicted molar refractivity (Wildman–Crippen MR) is 114 cm³/mol. The maximum atomic E-state index is 5.84. The highest BCUT2D eigenvalue weighted by Crippen LogP contribution is 2.25. The fourth-order valence-electron chi connectivity index (χ4n) is 2.98. The van der Waals surface area contributed by atoms with Gasteiger partial charge >= 0.3 is 0 Å². The molecule has 0 bridgehead atoms. The van der Waals surface area contributed by atoms with Gasteiger partial charge in [0.1, 0.15) is 0 Å². The number of pyridine rings is 1. The lowest BCUT2D eigenvalue weighted by molar-refractivity contribution is 0.618. The maximum Gasteiger partial charge on any atom is 0.0501 e. The van der Waals surface area contributed by atoms with Crippen LogP contribution in [0.3, 0.4) is 0 Å². The summed E-state index contributed by atoms with van der Waals surface area (Å²) in [5, 5.41) is 3.33. The Bertz CT molecular complexity index is 859.